The van der Waals surface area contributed by atoms with Gasteiger partial charge in [-0.15, -0.1) is 0 Å². The fourth-order valence-corrected chi connectivity index (χ4v) is 1.99. The van der Waals surface area contributed by atoms with E-state index in [4.69, 9.17) is 4.74 Å². The molecule has 0 unspecified atom stereocenters. The predicted molar refractivity (Wildman–Crippen MR) is 69.4 cm³/mol. The molecule has 0 amide bonds. The van der Waals surface area contributed by atoms with Gasteiger partial charge < -0.3 is 9.84 Å². The summed E-state index contributed by atoms with van der Waals surface area (Å²) in [6.07, 6.45) is 3.90. The van der Waals surface area contributed by atoms with E-state index in [9.17, 15) is 5.11 Å². The second-order valence-corrected chi connectivity index (χ2v) is 5.78. The zero-order valence-electron chi connectivity index (χ0n) is 10.8. The molecule has 0 atom stereocenters. The molecule has 0 bridgehead atoms. The number of ether oxygens (including phenoxy) is 1. The number of aliphatic hydroxyl groups excluding tert-OH is 1. The smallest absolute Gasteiger partial charge is 0.122 e. The molecule has 2 rings (SSSR count). The Hall–Kier alpha value is -1.02. The van der Waals surface area contributed by atoms with Crippen LogP contribution in [0.3, 0.4) is 0 Å². The van der Waals surface area contributed by atoms with Gasteiger partial charge in [-0.2, -0.15) is 0 Å². The molecule has 1 aliphatic carbocycles. The van der Waals surface area contributed by atoms with E-state index in [-0.39, 0.29) is 12.0 Å². The molecule has 17 heavy (non-hydrogen) atoms. The maximum Gasteiger partial charge on any atom is 0.122 e. The maximum atomic E-state index is 9.23. The van der Waals surface area contributed by atoms with Crippen molar-refractivity contribution in [3.8, 4) is 5.75 Å². The van der Waals surface area contributed by atoms with Gasteiger partial charge in [-0.3, -0.25) is 0 Å². The van der Waals surface area contributed by atoms with E-state index < -0.39 is 0 Å². The van der Waals surface area contributed by atoms with Crippen LogP contribution in [0.25, 0.3) is 0 Å². The van der Waals surface area contributed by atoms with Gasteiger partial charge in [-0.25, -0.2) is 0 Å². The first-order chi connectivity index (χ1) is 8.12. The van der Waals surface area contributed by atoms with Crippen LogP contribution in [-0.2, 0) is 0 Å². The molecule has 0 aromatic heterocycles. The Morgan fingerprint density at radius 1 is 1.29 bits per heavy atom. The largest absolute Gasteiger partial charge is 0.493 e. The molecule has 1 saturated carbocycles. The van der Waals surface area contributed by atoms with Crippen molar-refractivity contribution < 1.29 is 9.84 Å². The average Bonchev–Trinajstić information content (AvgIpc) is 2.26. The minimum atomic E-state index is -0.174. The third-order valence-corrected chi connectivity index (χ3v) is 3.51. The summed E-state index contributed by atoms with van der Waals surface area (Å²) in [5.74, 6) is 1.68. The highest BCUT2D eigenvalue weighted by Crippen LogP contribution is 2.40. The molecule has 2 heteroatoms. The SMILES string of the molecule is CC(C)(CO)COc1ccccc1C1CCC1. The summed E-state index contributed by atoms with van der Waals surface area (Å²) < 4.78 is 5.89. The summed E-state index contributed by atoms with van der Waals surface area (Å²) in [6.45, 7) is 4.74. The van der Waals surface area contributed by atoms with E-state index in [1.54, 1.807) is 0 Å². The summed E-state index contributed by atoms with van der Waals surface area (Å²) in [5, 5.41) is 9.23. The summed E-state index contributed by atoms with van der Waals surface area (Å²) in [6, 6.07) is 8.31. The normalized spacial score (nSPS) is 16.6. The van der Waals surface area contributed by atoms with Crippen molar-refractivity contribution in [3.05, 3.63) is 29.8 Å². The molecule has 0 heterocycles. The first-order valence-corrected chi connectivity index (χ1v) is 6.45. The van der Waals surface area contributed by atoms with Crippen LogP contribution >= 0.6 is 0 Å². The molecule has 1 aliphatic rings. The third-order valence-electron chi connectivity index (χ3n) is 3.51. The van der Waals surface area contributed by atoms with E-state index >= 15 is 0 Å². The van der Waals surface area contributed by atoms with Gasteiger partial charge in [0.15, 0.2) is 0 Å². The van der Waals surface area contributed by atoms with Crippen molar-refractivity contribution >= 4 is 0 Å². The topological polar surface area (TPSA) is 29.5 Å². The summed E-state index contributed by atoms with van der Waals surface area (Å²) >= 11 is 0. The number of rotatable bonds is 5. The Morgan fingerprint density at radius 2 is 2.00 bits per heavy atom. The first kappa shape index (κ1) is 12.4. The van der Waals surface area contributed by atoms with Crippen LogP contribution in [0.15, 0.2) is 24.3 Å². The Kier molecular flexibility index (Phi) is 3.72. The highest BCUT2D eigenvalue weighted by atomic mass is 16.5. The molecule has 2 nitrogen and oxygen atoms in total. The number of hydrogen-bond acceptors (Lipinski definition) is 2. The number of aliphatic hydroxyl groups is 1. The van der Waals surface area contributed by atoms with Crippen LogP contribution in [0.4, 0.5) is 0 Å². The van der Waals surface area contributed by atoms with Crippen molar-refractivity contribution in [1.29, 1.82) is 0 Å². The minimum absolute atomic E-state index is 0.151. The lowest BCUT2D eigenvalue weighted by Crippen LogP contribution is -2.26. The minimum Gasteiger partial charge on any atom is -0.493 e. The quantitative estimate of drug-likeness (QED) is 0.846. The Balaban J connectivity index is 2.04. The fraction of sp³-hybridized carbons (Fsp3) is 0.600. The van der Waals surface area contributed by atoms with E-state index in [0.717, 1.165) is 5.75 Å². The number of para-hydroxylation sites is 1. The third kappa shape index (κ3) is 3.01. The van der Waals surface area contributed by atoms with E-state index in [1.165, 1.54) is 24.8 Å². The molecule has 0 aliphatic heterocycles. The van der Waals surface area contributed by atoms with E-state index in [1.807, 2.05) is 26.0 Å². The Morgan fingerprint density at radius 3 is 2.59 bits per heavy atom. The molecular weight excluding hydrogens is 212 g/mol. The molecule has 1 fully saturated rings. The van der Waals surface area contributed by atoms with E-state index in [2.05, 4.69) is 12.1 Å². The van der Waals surface area contributed by atoms with Crippen molar-refractivity contribution in [2.45, 2.75) is 39.0 Å². The molecule has 1 aromatic rings. The zero-order valence-corrected chi connectivity index (χ0v) is 10.8. The summed E-state index contributed by atoms with van der Waals surface area (Å²) in [5.41, 5.74) is 1.17. The van der Waals surface area contributed by atoms with Crippen molar-refractivity contribution in [3.63, 3.8) is 0 Å². The average molecular weight is 234 g/mol. The number of benzene rings is 1. The van der Waals surface area contributed by atoms with Crippen LogP contribution in [0, 0.1) is 5.41 Å². The van der Waals surface area contributed by atoms with Gasteiger partial charge in [0.05, 0.1) is 13.2 Å². The summed E-state index contributed by atoms with van der Waals surface area (Å²) in [7, 11) is 0. The van der Waals surface area contributed by atoms with Gasteiger partial charge in [0.1, 0.15) is 5.75 Å². The molecule has 0 saturated heterocycles. The summed E-state index contributed by atoms with van der Waals surface area (Å²) in [4.78, 5) is 0. The van der Waals surface area contributed by atoms with Crippen molar-refractivity contribution in [2.75, 3.05) is 13.2 Å². The lowest BCUT2D eigenvalue weighted by molar-refractivity contribution is 0.0965. The lowest BCUT2D eigenvalue weighted by atomic mass is 9.79. The highest BCUT2D eigenvalue weighted by Gasteiger charge is 2.24. The standard InChI is InChI=1S/C15H22O2/c1-15(2,10-16)11-17-14-9-4-3-8-13(14)12-6-5-7-12/h3-4,8-9,12,16H,5-7,10-11H2,1-2H3. The molecule has 1 N–H and O–H groups in total. The van der Waals surface area contributed by atoms with Crippen LogP contribution in [0.1, 0.15) is 44.6 Å². The monoisotopic (exact) mass is 234 g/mol. The van der Waals surface area contributed by atoms with Gasteiger partial charge in [-0.05, 0) is 30.4 Å². The predicted octanol–water partition coefficient (Wildman–Crippen LogP) is 3.35. The molecular formula is C15H22O2. The molecule has 1 aromatic carbocycles. The van der Waals surface area contributed by atoms with Crippen molar-refractivity contribution in [2.24, 2.45) is 5.41 Å². The van der Waals surface area contributed by atoms with Gasteiger partial charge in [0.2, 0.25) is 0 Å². The number of hydrogen-bond donors (Lipinski definition) is 1. The highest BCUT2D eigenvalue weighted by molar-refractivity contribution is 5.37. The molecule has 94 valence electrons. The lowest BCUT2D eigenvalue weighted by Gasteiger charge is -2.29. The van der Waals surface area contributed by atoms with Gasteiger partial charge in [0, 0.05) is 5.41 Å². The molecule has 0 radical (unpaired) electrons. The Labute approximate surface area is 104 Å². The zero-order chi connectivity index (χ0) is 12.3. The van der Waals surface area contributed by atoms with Crippen LogP contribution in [-0.4, -0.2) is 18.3 Å². The van der Waals surface area contributed by atoms with Gasteiger partial charge in [-0.1, -0.05) is 38.5 Å². The fourth-order valence-electron chi connectivity index (χ4n) is 1.99. The first-order valence-electron chi connectivity index (χ1n) is 6.45. The van der Waals surface area contributed by atoms with E-state index in [0.29, 0.717) is 12.5 Å². The van der Waals surface area contributed by atoms with Crippen LogP contribution < -0.4 is 4.74 Å². The second kappa shape index (κ2) is 5.09. The maximum absolute atomic E-state index is 9.23. The van der Waals surface area contributed by atoms with Crippen LogP contribution in [0.2, 0.25) is 0 Å². The van der Waals surface area contributed by atoms with Gasteiger partial charge >= 0.3 is 0 Å². The second-order valence-electron chi connectivity index (χ2n) is 5.78. The Bertz CT molecular complexity index is 367. The van der Waals surface area contributed by atoms with Crippen LogP contribution in [0.5, 0.6) is 5.75 Å². The molecule has 0 spiro atoms. The van der Waals surface area contributed by atoms with Gasteiger partial charge in [0.25, 0.3) is 0 Å². The van der Waals surface area contributed by atoms with Crippen molar-refractivity contribution in [1.82, 2.24) is 0 Å².